The van der Waals surface area contributed by atoms with Crippen LogP contribution < -0.4 is 0 Å². The van der Waals surface area contributed by atoms with Gasteiger partial charge in [0.1, 0.15) is 0 Å². The molecule has 0 saturated heterocycles. The molecule has 0 spiro atoms. The van der Waals surface area contributed by atoms with Crippen LogP contribution in [0.1, 0.15) is 68.8 Å². The van der Waals surface area contributed by atoms with Gasteiger partial charge in [-0.15, -0.1) is 0 Å². The summed E-state index contributed by atoms with van der Waals surface area (Å²) < 4.78 is 0. The first-order valence-corrected chi connectivity index (χ1v) is 8.32. The Balaban J connectivity index is 0. The maximum Gasteiger partial charge on any atom is 0.165 e. The molecule has 0 bridgehead atoms. The smallest absolute Gasteiger partial charge is 0.165 e. The number of carbonyl (C=O) groups is 1. The van der Waals surface area contributed by atoms with E-state index in [1.54, 1.807) is 0 Å². The van der Waals surface area contributed by atoms with Crippen molar-refractivity contribution >= 4 is 5.78 Å². The number of carbonyl (C=O) groups excluding carboxylic acids is 1. The topological polar surface area (TPSA) is 20.3 Å². The number of benzene rings is 1. The second-order valence-electron chi connectivity index (χ2n) is 6.34. The van der Waals surface area contributed by atoms with Gasteiger partial charge in [-0.25, -0.2) is 0 Å². The van der Waals surface area contributed by atoms with E-state index in [1.165, 1.54) is 18.4 Å². The summed E-state index contributed by atoms with van der Waals surface area (Å²) in [6.45, 7) is 10.7. The van der Waals surface area contributed by atoms with Crippen LogP contribution in [0.4, 0.5) is 0 Å². The van der Waals surface area contributed by atoms with Crippen molar-refractivity contribution in [3.05, 3.63) is 42.8 Å². The van der Waals surface area contributed by atoms with Crippen molar-refractivity contribution in [3.63, 3.8) is 0 Å². The standard InChI is InChI=1S/C19H31NO.CH3.Re/c1-6-13-20(5)14-12-16(7-2)17-8-10-18(11-9-17)19(21)15(3)4;;/h8-11,15-16H,6-7,12-14H2,1-5H3;1H3;/q;-1;. The maximum absolute atomic E-state index is 12.0. The number of nitrogens with zero attached hydrogens (tertiary/aromatic N) is 1. The minimum Gasteiger partial charge on any atom is -0.358 e. The van der Waals surface area contributed by atoms with Gasteiger partial charge in [0.05, 0.1) is 0 Å². The first-order valence-electron chi connectivity index (χ1n) is 8.32. The fraction of sp³-hybridized carbons (Fsp3) is 0.600. The van der Waals surface area contributed by atoms with Crippen LogP contribution in [0.25, 0.3) is 0 Å². The number of hydrogen-bond acceptors (Lipinski definition) is 2. The third kappa shape index (κ3) is 8.25. The summed E-state index contributed by atoms with van der Waals surface area (Å²) in [4.78, 5) is 14.4. The first-order chi connectivity index (χ1) is 9.99. The Bertz CT molecular complexity index is 428. The Morgan fingerprint density at radius 1 is 1.09 bits per heavy atom. The van der Waals surface area contributed by atoms with Crippen LogP contribution in [-0.2, 0) is 20.4 Å². The van der Waals surface area contributed by atoms with Crippen molar-refractivity contribution in [1.29, 1.82) is 0 Å². The van der Waals surface area contributed by atoms with E-state index in [1.807, 2.05) is 26.0 Å². The van der Waals surface area contributed by atoms with E-state index in [-0.39, 0.29) is 39.6 Å². The Labute approximate surface area is 157 Å². The quantitative estimate of drug-likeness (QED) is 0.350. The van der Waals surface area contributed by atoms with E-state index < -0.39 is 0 Å². The normalized spacial score (nSPS) is 11.8. The van der Waals surface area contributed by atoms with Crippen LogP contribution >= 0.6 is 0 Å². The van der Waals surface area contributed by atoms with Crippen molar-refractivity contribution in [3.8, 4) is 0 Å². The molecule has 0 aliphatic rings. The monoisotopic (exact) mass is 491 g/mol. The second-order valence-corrected chi connectivity index (χ2v) is 6.34. The maximum atomic E-state index is 12.0. The van der Waals surface area contributed by atoms with Gasteiger partial charge in [-0.1, -0.05) is 52.0 Å². The molecule has 0 heterocycles. The van der Waals surface area contributed by atoms with Crippen molar-refractivity contribution in [2.75, 3.05) is 20.1 Å². The molecule has 133 valence electrons. The van der Waals surface area contributed by atoms with Crippen molar-refractivity contribution in [2.24, 2.45) is 5.92 Å². The van der Waals surface area contributed by atoms with Gasteiger partial charge >= 0.3 is 0 Å². The van der Waals surface area contributed by atoms with Gasteiger partial charge in [0.2, 0.25) is 0 Å². The van der Waals surface area contributed by atoms with Crippen LogP contribution in [-0.4, -0.2) is 30.8 Å². The SMILES string of the molecule is CCCN(C)CCC(CC)c1ccc(C(=O)C(C)C)cc1.[CH3-].[Re]. The van der Waals surface area contributed by atoms with E-state index >= 15 is 0 Å². The molecule has 23 heavy (non-hydrogen) atoms. The van der Waals surface area contributed by atoms with E-state index in [0.717, 1.165) is 25.1 Å². The molecule has 1 radical (unpaired) electrons. The van der Waals surface area contributed by atoms with Gasteiger partial charge in [0, 0.05) is 31.9 Å². The zero-order valence-corrected chi connectivity index (χ0v) is 18.4. The third-order valence-electron chi connectivity index (χ3n) is 4.15. The van der Waals surface area contributed by atoms with Crippen LogP contribution in [0.2, 0.25) is 0 Å². The Hall–Kier alpha value is -0.488. The minimum atomic E-state index is 0. The molecule has 1 aromatic carbocycles. The molecule has 0 aliphatic heterocycles. The molecule has 0 saturated carbocycles. The molecular weight excluding hydrogens is 456 g/mol. The zero-order chi connectivity index (χ0) is 15.8. The molecule has 0 N–H and O–H groups in total. The number of hydrogen-bond donors (Lipinski definition) is 0. The molecular formula is C20H34NORe-. The van der Waals surface area contributed by atoms with Gasteiger partial charge in [0.25, 0.3) is 0 Å². The molecule has 0 aliphatic carbocycles. The van der Waals surface area contributed by atoms with Gasteiger partial charge in [0.15, 0.2) is 5.78 Å². The summed E-state index contributed by atoms with van der Waals surface area (Å²) in [6, 6.07) is 8.28. The van der Waals surface area contributed by atoms with E-state index in [4.69, 9.17) is 0 Å². The molecule has 0 aromatic heterocycles. The minimum absolute atomic E-state index is 0. The molecule has 3 heteroatoms. The van der Waals surface area contributed by atoms with E-state index in [9.17, 15) is 4.79 Å². The largest absolute Gasteiger partial charge is 0.358 e. The van der Waals surface area contributed by atoms with Crippen LogP contribution in [0.5, 0.6) is 0 Å². The Kier molecular flexibility index (Phi) is 13.9. The fourth-order valence-electron chi connectivity index (χ4n) is 2.73. The Morgan fingerprint density at radius 3 is 2.09 bits per heavy atom. The molecule has 1 unspecified atom stereocenters. The van der Waals surface area contributed by atoms with Gasteiger partial charge in [-0.3, -0.25) is 4.79 Å². The van der Waals surface area contributed by atoms with Gasteiger partial charge in [-0.05, 0) is 50.9 Å². The van der Waals surface area contributed by atoms with Gasteiger partial charge < -0.3 is 12.3 Å². The average Bonchev–Trinajstić information content (AvgIpc) is 2.48. The average molecular weight is 491 g/mol. The van der Waals surface area contributed by atoms with Crippen LogP contribution in [0, 0.1) is 13.3 Å². The second kappa shape index (κ2) is 12.9. The Morgan fingerprint density at radius 2 is 1.65 bits per heavy atom. The number of ketones is 1. The number of Topliss-reactive ketones (excluding diaryl/α,β-unsaturated/α-hetero) is 1. The zero-order valence-electron chi connectivity index (χ0n) is 15.7. The van der Waals surface area contributed by atoms with E-state index in [2.05, 4.69) is 37.9 Å². The molecule has 1 rings (SSSR count). The summed E-state index contributed by atoms with van der Waals surface area (Å²) in [6.07, 6.45) is 3.54. The van der Waals surface area contributed by atoms with Crippen molar-refractivity contribution in [2.45, 2.75) is 52.9 Å². The molecule has 0 amide bonds. The van der Waals surface area contributed by atoms with Gasteiger partial charge in [-0.2, -0.15) is 0 Å². The predicted octanol–water partition coefficient (Wildman–Crippen LogP) is 5.20. The van der Waals surface area contributed by atoms with Crippen molar-refractivity contribution < 1.29 is 25.2 Å². The molecule has 1 aromatic rings. The van der Waals surface area contributed by atoms with Crippen LogP contribution in [0.3, 0.4) is 0 Å². The first kappa shape index (κ1) is 24.8. The molecule has 0 fully saturated rings. The van der Waals surface area contributed by atoms with Crippen molar-refractivity contribution in [1.82, 2.24) is 4.90 Å². The van der Waals surface area contributed by atoms with Crippen LogP contribution in [0.15, 0.2) is 24.3 Å². The molecule has 1 atom stereocenters. The fourth-order valence-corrected chi connectivity index (χ4v) is 2.73. The summed E-state index contributed by atoms with van der Waals surface area (Å²) in [5.74, 6) is 0.894. The number of rotatable bonds is 9. The predicted molar refractivity (Wildman–Crippen MR) is 97.5 cm³/mol. The summed E-state index contributed by atoms with van der Waals surface area (Å²) in [7, 11) is 2.20. The summed E-state index contributed by atoms with van der Waals surface area (Å²) in [5.41, 5.74) is 2.20. The summed E-state index contributed by atoms with van der Waals surface area (Å²) in [5, 5.41) is 0. The van der Waals surface area contributed by atoms with E-state index in [0.29, 0.717) is 5.92 Å². The third-order valence-corrected chi connectivity index (χ3v) is 4.15. The summed E-state index contributed by atoms with van der Waals surface area (Å²) >= 11 is 0. The molecule has 2 nitrogen and oxygen atoms in total.